The van der Waals surface area contributed by atoms with Crippen LogP contribution < -0.4 is 0 Å². The van der Waals surface area contributed by atoms with Crippen molar-refractivity contribution in [2.75, 3.05) is 19.8 Å². The van der Waals surface area contributed by atoms with Crippen molar-refractivity contribution in [3.05, 3.63) is 12.2 Å². The second-order valence-electron chi connectivity index (χ2n) is 16.3. The van der Waals surface area contributed by atoms with Crippen LogP contribution in [0, 0.1) is 0 Å². The minimum Gasteiger partial charge on any atom is -0.457 e. The summed E-state index contributed by atoms with van der Waals surface area (Å²) in [6.07, 6.45) is 25.8. The van der Waals surface area contributed by atoms with E-state index in [0.29, 0.717) is 13.0 Å². The molecule has 1 saturated carbocycles. The van der Waals surface area contributed by atoms with Crippen molar-refractivity contribution in [2.45, 2.75) is 243 Å². The van der Waals surface area contributed by atoms with Crippen molar-refractivity contribution in [1.29, 1.82) is 0 Å². The Kier molecular flexibility index (Phi) is 34.0. The van der Waals surface area contributed by atoms with E-state index in [1.165, 1.54) is 135 Å². The molecule has 1 aliphatic carbocycles. The molecule has 0 amide bonds. The van der Waals surface area contributed by atoms with Crippen LogP contribution in [0.1, 0.15) is 200 Å². The topological polar surface area (TPSA) is 192 Å². The second kappa shape index (κ2) is 35.8. The molecule has 6 atom stereocenters. The van der Waals surface area contributed by atoms with Crippen molar-refractivity contribution < 1.29 is 58.3 Å². The third-order valence-corrected chi connectivity index (χ3v) is 11.9. The van der Waals surface area contributed by atoms with Crippen LogP contribution in [0.2, 0.25) is 0 Å². The van der Waals surface area contributed by atoms with E-state index in [2.05, 4.69) is 26.0 Å². The molecule has 0 heterocycles. The first-order chi connectivity index (χ1) is 27.5. The van der Waals surface area contributed by atoms with E-state index in [1.54, 1.807) is 0 Å². The van der Waals surface area contributed by atoms with Gasteiger partial charge in [0.25, 0.3) is 0 Å². The molecule has 1 fully saturated rings. The van der Waals surface area contributed by atoms with Gasteiger partial charge in [-0.2, -0.15) is 0 Å². The minimum absolute atomic E-state index is 0.0728. The smallest absolute Gasteiger partial charge is 0.457 e. The highest BCUT2D eigenvalue weighted by Crippen LogP contribution is 2.47. The van der Waals surface area contributed by atoms with Gasteiger partial charge in [0.1, 0.15) is 42.7 Å². The molecule has 1 aliphatic rings. The highest BCUT2D eigenvalue weighted by atomic mass is 31.2. The van der Waals surface area contributed by atoms with Crippen LogP contribution >= 0.6 is 7.82 Å². The number of ether oxygens (including phenoxy) is 2. The number of hydrogen-bond acceptors (Lipinski definition) is 11. The molecule has 57 heavy (non-hydrogen) atoms. The molecule has 0 aromatic rings. The maximum Gasteiger partial charge on any atom is 0.472 e. The Morgan fingerprint density at radius 2 is 0.930 bits per heavy atom. The lowest BCUT2D eigenvalue weighted by Crippen LogP contribution is -2.64. The summed E-state index contributed by atoms with van der Waals surface area (Å²) in [7, 11) is -5.01. The third kappa shape index (κ3) is 28.3. The van der Waals surface area contributed by atoms with Crippen LogP contribution in [0.5, 0.6) is 0 Å². The quantitative estimate of drug-likeness (QED) is 0.0149. The molecule has 0 aliphatic heterocycles. The monoisotopic (exact) mass is 837 g/mol. The molecule has 0 saturated heterocycles. The summed E-state index contributed by atoms with van der Waals surface area (Å²) in [5.74, 6) is -0.478. The van der Waals surface area contributed by atoms with E-state index in [0.717, 1.165) is 38.5 Å². The van der Waals surface area contributed by atoms with Gasteiger partial charge in [-0.25, -0.2) is 4.57 Å². The third-order valence-electron chi connectivity index (χ3n) is 10.9. The lowest BCUT2D eigenvalue weighted by molar-refractivity contribution is -0.220. The van der Waals surface area contributed by atoms with E-state index in [4.69, 9.17) is 18.5 Å². The van der Waals surface area contributed by atoms with Crippen LogP contribution in [-0.4, -0.2) is 98.9 Å². The van der Waals surface area contributed by atoms with Crippen molar-refractivity contribution in [2.24, 2.45) is 0 Å². The Morgan fingerprint density at radius 1 is 0.544 bits per heavy atom. The molecular formula is C44H85O12P. The molecule has 6 N–H and O–H groups in total. The Labute approximate surface area is 346 Å². The standard InChI is InChI=1S/C44H85O12P/c1-3-5-7-9-11-13-14-15-16-17-18-19-20-21-22-23-24-25-27-29-31-33-38(45)55-37(35-53-34-32-30-28-26-12-10-8-6-4-2)36-54-57(51,52)56-44-42(49)40(47)39(46)41(48)43(44)50/h17-18,37,39-44,46-50H,3-16,19-36H2,1-2H3,(H,51,52)/b18-17-. The minimum atomic E-state index is -5.01. The van der Waals surface area contributed by atoms with Gasteiger partial charge < -0.3 is 39.9 Å². The number of phosphoric ester groups is 1. The normalized spacial score (nSPS) is 22.9. The van der Waals surface area contributed by atoms with Crippen LogP contribution in [0.25, 0.3) is 0 Å². The average molecular weight is 837 g/mol. The van der Waals surface area contributed by atoms with Crippen LogP contribution in [0.3, 0.4) is 0 Å². The molecule has 0 radical (unpaired) electrons. The molecule has 338 valence electrons. The van der Waals surface area contributed by atoms with Gasteiger partial charge in [0, 0.05) is 13.0 Å². The molecule has 12 nitrogen and oxygen atoms in total. The van der Waals surface area contributed by atoms with Crippen molar-refractivity contribution in [1.82, 2.24) is 0 Å². The SMILES string of the molecule is CCCCCCCCCC/C=C\CCCCCCCCCCCC(=O)OC(COCCCCCCCCCCC)COP(=O)(O)OC1C(O)C(O)C(O)C(O)C1O. The van der Waals surface area contributed by atoms with Gasteiger partial charge in [-0.1, -0.05) is 167 Å². The van der Waals surface area contributed by atoms with E-state index < -0.39 is 63.1 Å². The summed E-state index contributed by atoms with van der Waals surface area (Å²) < 4.78 is 34.1. The first-order valence-electron chi connectivity index (χ1n) is 23.0. The highest BCUT2D eigenvalue weighted by Gasteiger charge is 2.51. The first kappa shape index (κ1) is 54.1. The summed E-state index contributed by atoms with van der Waals surface area (Å²) >= 11 is 0. The van der Waals surface area contributed by atoms with Gasteiger partial charge in [-0.3, -0.25) is 13.8 Å². The molecule has 13 heteroatoms. The zero-order chi connectivity index (χ0) is 42.0. The van der Waals surface area contributed by atoms with Crippen molar-refractivity contribution in [3.8, 4) is 0 Å². The summed E-state index contributed by atoms with van der Waals surface area (Å²) in [6.45, 7) is 4.25. The predicted molar refractivity (Wildman–Crippen MR) is 226 cm³/mol. The van der Waals surface area contributed by atoms with Gasteiger partial charge in [-0.15, -0.1) is 0 Å². The van der Waals surface area contributed by atoms with E-state index in [9.17, 15) is 39.8 Å². The van der Waals surface area contributed by atoms with Gasteiger partial charge in [0.2, 0.25) is 0 Å². The van der Waals surface area contributed by atoms with Crippen molar-refractivity contribution in [3.63, 3.8) is 0 Å². The number of unbranched alkanes of at least 4 members (excludes halogenated alkanes) is 25. The number of allylic oxidation sites excluding steroid dienone is 2. The highest BCUT2D eigenvalue weighted by molar-refractivity contribution is 7.47. The Balaban J connectivity index is 2.32. The fourth-order valence-corrected chi connectivity index (χ4v) is 8.15. The van der Waals surface area contributed by atoms with E-state index in [-0.39, 0.29) is 13.0 Å². The Morgan fingerprint density at radius 3 is 1.39 bits per heavy atom. The molecule has 0 bridgehead atoms. The lowest BCUT2D eigenvalue weighted by Gasteiger charge is -2.41. The summed E-state index contributed by atoms with van der Waals surface area (Å²) in [5, 5.41) is 50.1. The fourth-order valence-electron chi connectivity index (χ4n) is 7.17. The number of aliphatic hydroxyl groups is 5. The number of aliphatic hydroxyl groups excluding tert-OH is 5. The molecule has 6 unspecified atom stereocenters. The fraction of sp³-hybridized carbons (Fsp3) is 0.932. The molecular weight excluding hydrogens is 751 g/mol. The first-order valence-corrected chi connectivity index (χ1v) is 24.5. The number of hydrogen-bond donors (Lipinski definition) is 6. The number of carbonyl (C=O) groups excluding carboxylic acids is 1. The molecule has 0 spiro atoms. The predicted octanol–water partition coefficient (Wildman–Crippen LogP) is 9.14. The van der Waals surface area contributed by atoms with Crippen LogP contribution in [0.15, 0.2) is 12.2 Å². The molecule has 0 aromatic heterocycles. The number of rotatable bonds is 39. The van der Waals surface area contributed by atoms with E-state index >= 15 is 0 Å². The Bertz CT molecular complexity index is 1000. The largest absolute Gasteiger partial charge is 0.472 e. The lowest BCUT2D eigenvalue weighted by atomic mass is 9.85. The maximum atomic E-state index is 12.8. The van der Waals surface area contributed by atoms with Crippen molar-refractivity contribution >= 4 is 13.8 Å². The van der Waals surface area contributed by atoms with Gasteiger partial charge >= 0.3 is 13.8 Å². The number of phosphoric acid groups is 1. The zero-order valence-electron chi connectivity index (χ0n) is 35.9. The molecule has 1 rings (SSSR count). The average Bonchev–Trinajstić information content (AvgIpc) is 3.19. The second-order valence-corrected chi connectivity index (χ2v) is 17.7. The molecule has 0 aromatic carbocycles. The summed E-state index contributed by atoms with van der Waals surface area (Å²) in [4.78, 5) is 23.1. The number of carbonyl (C=O) groups is 1. The van der Waals surface area contributed by atoms with Crippen LogP contribution in [-0.2, 0) is 27.9 Å². The van der Waals surface area contributed by atoms with Crippen LogP contribution in [0.4, 0.5) is 0 Å². The summed E-state index contributed by atoms with van der Waals surface area (Å²) in [5.41, 5.74) is 0. The van der Waals surface area contributed by atoms with Gasteiger partial charge in [0.15, 0.2) is 0 Å². The zero-order valence-corrected chi connectivity index (χ0v) is 36.8. The number of esters is 1. The van der Waals surface area contributed by atoms with Gasteiger partial charge in [-0.05, 0) is 38.5 Å². The van der Waals surface area contributed by atoms with Gasteiger partial charge in [0.05, 0.1) is 13.2 Å². The Hall–Kier alpha value is -0.920. The van der Waals surface area contributed by atoms with E-state index in [1.807, 2.05) is 0 Å². The maximum absolute atomic E-state index is 12.8. The summed E-state index contributed by atoms with van der Waals surface area (Å²) in [6, 6.07) is 0.